The zero-order valence-electron chi connectivity index (χ0n) is 12.5. The molecule has 25 heavy (non-hydrogen) atoms. The van der Waals surface area contributed by atoms with E-state index in [-0.39, 0.29) is 12.1 Å². The number of fused-ring (bicyclic) bond motifs is 1. The molecule has 0 bridgehead atoms. The molecule has 3 rings (SSSR count). The molecule has 0 aliphatic rings. The van der Waals surface area contributed by atoms with Gasteiger partial charge in [-0.1, -0.05) is 27.5 Å². The molecule has 0 aliphatic carbocycles. The van der Waals surface area contributed by atoms with Gasteiger partial charge in [0.05, 0.1) is 23.3 Å². The van der Waals surface area contributed by atoms with E-state index < -0.39 is 22.7 Å². The lowest BCUT2D eigenvalue weighted by molar-refractivity contribution is -0.137. The highest BCUT2D eigenvalue weighted by atomic mass is 79.9. The van der Waals surface area contributed by atoms with Crippen molar-refractivity contribution < 1.29 is 22.4 Å². The molecule has 0 unspecified atom stereocenters. The second-order valence-corrected chi connectivity index (χ2v) is 6.64. The van der Waals surface area contributed by atoms with Gasteiger partial charge in [-0.2, -0.15) is 13.2 Å². The van der Waals surface area contributed by atoms with Crippen LogP contribution in [0.2, 0.25) is 5.02 Å². The SMILES string of the molecule is O=C(Cc1coc2ccc(Br)cc12)Nc1ccc(Cl)c(C(F)(F)F)c1. The van der Waals surface area contributed by atoms with Gasteiger partial charge in [-0.05, 0) is 36.4 Å². The number of furan rings is 1. The molecular formula is C17H10BrClF3NO2. The first kappa shape index (κ1) is 17.8. The monoisotopic (exact) mass is 431 g/mol. The average Bonchev–Trinajstić information content (AvgIpc) is 2.90. The molecule has 1 amide bonds. The molecule has 0 saturated heterocycles. The molecule has 8 heteroatoms. The predicted molar refractivity (Wildman–Crippen MR) is 92.7 cm³/mol. The summed E-state index contributed by atoms with van der Waals surface area (Å²) in [6.45, 7) is 0. The van der Waals surface area contributed by atoms with Gasteiger partial charge in [0.1, 0.15) is 5.58 Å². The van der Waals surface area contributed by atoms with Crippen LogP contribution in [0.1, 0.15) is 11.1 Å². The van der Waals surface area contributed by atoms with Gasteiger partial charge in [0, 0.05) is 21.1 Å². The molecule has 3 nitrogen and oxygen atoms in total. The highest BCUT2D eigenvalue weighted by molar-refractivity contribution is 9.10. The van der Waals surface area contributed by atoms with Crippen LogP contribution >= 0.6 is 27.5 Å². The Bertz CT molecular complexity index is 953. The summed E-state index contributed by atoms with van der Waals surface area (Å²) < 4.78 is 44.8. The maximum Gasteiger partial charge on any atom is 0.417 e. The van der Waals surface area contributed by atoms with E-state index >= 15 is 0 Å². The molecule has 1 heterocycles. The molecule has 1 aromatic heterocycles. The molecule has 0 radical (unpaired) electrons. The van der Waals surface area contributed by atoms with Gasteiger partial charge in [0.25, 0.3) is 0 Å². The number of amides is 1. The number of rotatable bonds is 3. The zero-order valence-corrected chi connectivity index (χ0v) is 14.8. The summed E-state index contributed by atoms with van der Waals surface area (Å²) in [6.07, 6.45) is -3.17. The molecule has 0 spiro atoms. The summed E-state index contributed by atoms with van der Waals surface area (Å²) in [5.41, 5.74) is 0.288. The summed E-state index contributed by atoms with van der Waals surface area (Å²) in [5, 5.41) is 2.79. The largest absolute Gasteiger partial charge is 0.464 e. The lowest BCUT2D eigenvalue weighted by Crippen LogP contribution is -2.15. The Kier molecular flexibility index (Phi) is 4.79. The normalized spacial score (nSPS) is 11.7. The second kappa shape index (κ2) is 6.72. The molecule has 0 atom stereocenters. The van der Waals surface area contributed by atoms with Gasteiger partial charge in [-0.15, -0.1) is 0 Å². The van der Waals surface area contributed by atoms with Crippen molar-refractivity contribution in [2.75, 3.05) is 5.32 Å². The van der Waals surface area contributed by atoms with Crippen LogP contribution in [0.4, 0.5) is 18.9 Å². The lowest BCUT2D eigenvalue weighted by atomic mass is 10.1. The lowest BCUT2D eigenvalue weighted by Gasteiger charge is -2.11. The number of hydrogen-bond donors (Lipinski definition) is 1. The third-order valence-electron chi connectivity index (χ3n) is 3.52. The van der Waals surface area contributed by atoms with E-state index in [1.54, 1.807) is 6.07 Å². The Morgan fingerprint density at radius 1 is 1.20 bits per heavy atom. The van der Waals surface area contributed by atoms with Crippen molar-refractivity contribution in [1.29, 1.82) is 0 Å². The third kappa shape index (κ3) is 3.99. The van der Waals surface area contributed by atoms with E-state index in [0.29, 0.717) is 11.1 Å². The Balaban J connectivity index is 1.80. The minimum absolute atomic E-state index is 0.0238. The second-order valence-electron chi connectivity index (χ2n) is 5.32. The Morgan fingerprint density at radius 3 is 2.68 bits per heavy atom. The number of benzene rings is 2. The quantitative estimate of drug-likeness (QED) is 0.547. The Morgan fingerprint density at radius 2 is 1.96 bits per heavy atom. The number of hydrogen-bond acceptors (Lipinski definition) is 2. The fraction of sp³-hybridized carbons (Fsp3) is 0.118. The van der Waals surface area contributed by atoms with E-state index in [1.165, 1.54) is 12.3 Å². The molecule has 3 aromatic rings. The highest BCUT2D eigenvalue weighted by Gasteiger charge is 2.33. The topological polar surface area (TPSA) is 42.2 Å². The summed E-state index contributed by atoms with van der Waals surface area (Å²) in [5.74, 6) is -0.460. The van der Waals surface area contributed by atoms with Gasteiger partial charge >= 0.3 is 6.18 Å². The van der Waals surface area contributed by atoms with Crippen molar-refractivity contribution in [1.82, 2.24) is 0 Å². The fourth-order valence-corrected chi connectivity index (χ4v) is 2.98. The van der Waals surface area contributed by atoms with Crippen molar-refractivity contribution >= 4 is 50.1 Å². The first-order valence-corrected chi connectivity index (χ1v) is 8.23. The Labute approximate surface area is 153 Å². The van der Waals surface area contributed by atoms with E-state index in [1.807, 2.05) is 12.1 Å². The van der Waals surface area contributed by atoms with Crippen LogP contribution < -0.4 is 5.32 Å². The van der Waals surface area contributed by atoms with Crippen molar-refractivity contribution in [3.63, 3.8) is 0 Å². The van der Waals surface area contributed by atoms with E-state index in [2.05, 4.69) is 21.2 Å². The van der Waals surface area contributed by atoms with Crippen molar-refractivity contribution in [3.05, 3.63) is 63.3 Å². The van der Waals surface area contributed by atoms with Gasteiger partial charge in [-0.25, -0.2) is 0 Å². The molecule has 2 aromatic carbocycles. The minimum Gasteiger partial charge on any atom is -0.464 e. The minimum atomic E-state index is -4.59. The molecular weight excluding hydrogens is 423 g/mol. The van der Waals surface area contributed by atoms with Crippen molar-refractivity contribution in [3.8, 4) is 0 Å². The van der Waals surface area contributed by atoms with Crippen LogP contribution in [0.3, 0.4) is 0 Å². The maximum absolute atomic E-state index is 12.9. The van der Waals surface area contributed by atoms with Gasteiger partial charge in [-0.3, -0.25) is 4.79 Å². The molecule has 0 saturated carbocycles. The van der Waals surface area contributed by atoms with E-state index in [0.717, 1.165) is 22.0 Å². The highest BCUT2D eigenvalue weighted by Crippen LogP contribution is 2.36. The van der Waals surface area contributed by atoms with Gasteiger partial charge in [0.15, 0.2) is 0 Å². The van der Waals surface area contributed by atoms with Gasteiger partial charge in [0.2, 0.25) is 5.91 Å². The third-order valence-corrected chi connectivity index (χ3v) is 4.35. The summed E-state index contributed by atoms with van der Waals surface area (Å²) in [7, 11) is 0. The number of alkyl halides is 3. The fourth-order valence-electron chi connectivity index (χ4n) is 2.39. The first-order valence-electron chi connectivity index (χ1n) is 7.06. The number of nitrogens with one attached hydrogen (secondary N) is 1. The van der Waals surface area contributed by atoms with Crippen LogP contribution in [0, 0.1) is 0 Å². The molecule has 1 N–H and O–H groups in total. The number of carbonyl (C=O) groups excluding carboxylic acids is 1. The van der Waals surface area contributed by atoms with Crippen LogP contribution in [0.25, 0.3) is 11.0 Å². The first-order chi connectivity index (χ1) is 11.7. The van der Waals surface area contributed by atoms with Crippen LogP contribution in [0.15, 0.2) is 51.6 Å². The average molecular weight is 433 g/mol. The number of anilines is 1. The number of halogens is 5. The maximum atomic E-state index is 12.9. The number of carbonyl (C=O) groups is 1. The van der Waals surface area contributed by atoms with Gasteiger partial charge < -0.3 is 9.73 Å². The van der Waals surface area contributed by atoms with E-state index in [9.17, 15) is 18.0 Å². The molecule has 130 valence electrons. The molecule has 0 aliphatic heterocycles. The van der Waals surface area contributed by atoms with Crippen LogP contribution in [0.5, 0.6) is 0 Å². The predicted octanol–water partition coefficient (Wildman–Crippen LogP) is 6.05. The van der Waals surface area contributed by atoms with Crippen LogP contribution in [-0.4, -0.2) is 5.91 Å². The molecule has 0 fully saturated rings. The van der Waals surface area contributed by atoms with Crippen molar-refractivity contribution in [2.24, 2.45) is 0 Å². The van der Waals surface area contributed by atoms with Crippen LogP contribution in [-0.2, 0) is 17.4 Å². The van der Waals surface area contributed by atoms with Crippen molar-refractivity contribution in [2.45, 2.75) is 12.6 Å². The summed E-state index contributed by atoms with van der Waals surface area (Å²) >= 11 is 8.91. The summed E-state index contributed by atoms with van der Waals surface area (Å²) in [4.78, 5) is 12.2. The summed E-state index contributed by atoms with van der Waals surface area (Å²) in [6, 6.07) is 8.61. The smallest absolute Gasteiger partial charge is 0.417 e. The zero-order chi connectivity index (χ0) is 18.2. The Hall–Kier alpha value is -1.99. The standard InChI is InChI=1S/C17H10BrClF3NO2/c18-10-1-4-15-12(6-10)9(8-25-15)5-16(24)23-11-2-3-14(19)13(7-11)17(20,21)22/h1-4,6-8H,5H2,(H,23,24). The van der Waals surface area contributed by atoms with E-state index in [4.69, 9.17) is 16.0 Å².